The minimum Gasteiger partial charge on any atom is -0.449 e. The lowest BCUT2D eigenvalue weighted by Crippen LogP contribution is -2.60. The smallest absolute Gasteiger partial charge is 0.407 e. The molecule has 13 heteroatoms. The van der Waals surface area contributed by atoms with Crippen molar-refractivity contribution in [3.8, 4) is 11.1 Å². The van der Waals surface area contributed by atoms with Gasteiger partial charge in [0.15, 0.2) is 0 Å². The van der Waals surface area contributed by atoms with Gasteiger partial charge in [-0.1, -0.05) is 174 Å². The van der Waals surface area contributed by atoms with Gasteiger partial charge in [0.05, 0.1) is 12.0 Å². The minimum atomic E-state index is -1.26. The number of aromatic nitrogens is 2. The number of primary amides is 1. The Bertz CT molecular complexity index is 2620. The van der Waals surface area contributed by atoms with E-state index in [0.717, 1.165) is 38.9 Å². The van der Waals surface area contributed by atoms with Crippen molar-refractivity contribution in [3.63, 3.8) is 0 Å². The van der Waals surface area contributed by atoms with Crippen LogP contribution in [0.1, 0.15) is 86.4 Å². The van der Waals surface area contributed by atoms with Crippen LogP contribution in [0.25, 0.3) is 11.1 Å². The van der Waals surface area contributed by atoms with Gasteiger partial charge in [0, 0.05) is 25.1 Å². The third kappa shape index (κ3) is 9.90. The molecular formula is C56H61N7O6. The van der Waals surface area contributed by atoms with Gasteiger partial charge in [-0.2, -0.15) is 0 Å². The van der Waals surface area contributed by atoms with Gasteiger partial charge >= 0.3 is 6.09 Å². The largest absolute Gasteiger partial charge is 0.449 e. The van der Waals surface area contributed by atoms with Crippen LogP contribution in [-0.2, 0) is 35.9 Å². The summed E-state index contributed by atoms with van der Waals surface area (Å²) in [5.74, 6) is -3.16. The maximum atomic E-state index is 14.8. The molecule has 0 bridgehead atoms. The van der Waals surface area contributed by atoms with Crippen molar-refractivity contribution in [1.82, 2.24) is 30.4 Å². The molecule has 0 saturated carbocycles. The first-order valence-corrected chi connectivity index (χ1v) is 23.9. The molecule has 1 fully saturated rings. The summed E-state index contributed by atoms with van der Waals surface area (Å²) < 4.78 is 8.02. The van der Waals surface area contributed by atoms with Crippen molar-refractivity contribution in [2.75, 3.05) is 13.2 Å². The van der Waals surface area contributed by atoms with Gasteiger partial charge < -0.3 is 35.9 Å². The molecule has 1 aliphatic carbocycles. The number of carbonyl (C=O) groups excluding carboxylic acids is 5. The maximum absolute atomic E-state index is 14.8. The van der Waals surface area contributed by atoms with E-state index >= 15 is 0 Å². The summed E-state index contributed by atoms with van der Waals surface area (Å²) in [6.07, 6.45) is 4.33. The van der Waals surface area contributed by atoms with Gasteiger partial charge in [-0.15, -0.1) is 0 Å². The second-order valence-electron chi connectivity index (χ2n) is 18.5. The molecule has 2 heterocycles. The SMILES string of the molecule is CC[C@H](C)[C@H](NC(=O)[C@@H](Cc1cn(C(c2ccccc2)(c2ccccc2)c2ccccc2)cn1)NC(=O)OCC1c2ccccc2-c2ccccc21)C(=O)N[C@H](C(=O)N1CCC[C@H]1C(N)=O)C(C)C. The summed E-state index contributed by atoms with van der Waals surface area (Å²) in [5.41, 5.74) is 12.5. The normalized spacial score (nSPS) is 16.1. The fourth-order valence-corrected chi connectivity index (χ4v) is 10.1. The van der Waals surface area contributed by atoms with Gasteiger partial charge in [-0.3, -0.25) is 19.2 Å². The summed E-state index contributed by atoms with van der Waals surface area (Å²) in [5, 5.41) is 8.72. The Hall–Kier alpha value is -7.54. The van der Waals surface area contributed by atoms with Crippen LogP contribution in [-0.4, -0.2) is 81.5 Å². The van der Waals surface area contributed by atoms with E-state index < -0.39 is 59.4 Å². The fourth-order valence-electron chi connectivity index (χ4n) is 10.1. The zero-order chi connectivity index (χ0) is 48.7. The molecule has 69 heavy (non-hydrogen) atoms. The van der Waals surface area contributed by atoms with Crippen molar-refractivity contribution >= 4 is 29.7 Å². The summed E-state index contributed by atoms with van der Waals surface area (Å²) in [4.78, 5) is 75.8. The monoisotopic (exact) mass is 927 g/mol. The fraction of sp³-hybridized carbons (Fsp3) is 0.321. The first kappa shape index (κ1) is 47.9. The van der Waals surface area contributed by atoms with Crippen LogP contribution in [0.4, 0.5) is 4.79 Å². The third-order valence-electron chi connectivity index (χ3n) is 13.9. The van der Waals surface area contributed by atoms with Gasteiger partial charge in [0.1, 0.15) is 36.3 Å². The molecule has 5 aromatic carbocycles. The van der Waals surface area contributed by atoms with Gasteiger partial charge in [0.2, 0.25) is 23.6 Å². The third-order valence-corrected chi connectivity index (χ3v) is 13.9. The zero-order valence-electron chi connectivity index (χ0n) is 39.6. The standard InChI is InChI=1S/C56H61N7O6/c1-5-37(4)50(53(66)60-49(36(2)3)54(67)63-31-19-30-48(63)51(57)64)61-52(65)47(59-55(68)69-34-46-44-28-17-15-26-42(44)43-27-16-18-29-45(43)46)32-41-33-62(35-58-41)56(38-20-9-6-10-21-38,39-22-11-7-12-23-39)40-24-13-8-14-25-40/h6-18,20-29,33,35-37,46-50H,5,19,30-32,34H2,1-4H3,(H2,57,64)(H,59,68)(H,60,66)(H,61,65)/t37-,47+,48-,49-,50-/m0/s1. The number of amides is 5. The van der Waals surface area contributed by atoms with Crippen LogP contribution in [0.2, 0.25) is 0 Å². The summed E-state index contributed by atoms with van der Waals surface area (Å²) >= 11 is 0. The second kappa shape index (κ2) is 21.2. The molecule has 1 saturated heterocycles. The van der Waals surface area contributed by atoms with Crippen LogP contribution >= 0.6 is 0 Å². The van der Waals surface area contributed by atoms with E-state index in [1.54, 1.807) is 6.33 Å². The molecule has 6 aromatic rings. The number of nitrogens with two attached hydrogens (primary N) is 1. The Morgan fingerprint density at radius 1 is 0.710 bits per heavy atom. The van der Waals surface area contributed by atoms with Crippen molar-refractivity contribution in [3.05, 3.63) is 186 Å². The van der Waals surface area contributed by atoms with E-state index in [1.165, 1.54) is 4.90 Å². The van der Waals surface area contributed by atoms with E-state index in [2.05, 4.69) is 64.5 Å². The zero-order valence-corrected chi connectivity index (χ0v) is 39.6. The molecule has 5 amide bonds. The molecule has 13 nitrogen and oxygen atoms in total. The van der Waals surface area contributed by atoms with E-state index in [9.17, 15) is 24.0 Å². The Balaban J connectivity index is 1.10. The van der Waals surface area contributed by atoms with E-state index in [4.69, 9.17) is 15.5 Å². The highest BCUT2D eigenvalue weighted by Gasteiger charge is 2.41. The predicted molar refractivity (Wildman–Crippen MR) is 265 cm³/mol. The Morgan fingerprint density at radius 2 is 1.23 bits per heavy atom. The Labute approximate surface area is 403 Å². The van der Waals surface area contributed by atoms with Crippen LogP contribution < -0.4 is 21.7 Å². The number of likely N-dealkylation sites (tertiary alicyclic amines) is 1. The van der Waals surface area contributed by atoms with Gasteiger partial charge in [-0.25, -0.2) is 9.78 Å². The number of carbonyl (C=O) groups is 5. The van der Waals surface area contributed by atoms with Crippen LogP contribution in [0.3, 0.4) is 0 Å². The first-order valence-electron chi connectivity index (χ1n) is 23.9. The average Bonchev–Trinajstić information content (AvgIpc) is 4.14. The van der Waals surface area contributed by atoms with Crippen LogP contribution in [0.15, 0.2) is 152 Å². The number of nitrogens with one attached hydrogen (secondary N) is 3. The Morgan fingerprint density at radius 3 is 1.75 bits per heavy atom. The van der Waals surface area contributed by atoms with E-state index in [0.29, 0.717) is 31.5 Å². The molecule has 1 aromatic heterocycles. The molecule has 5 N–H and O–H groups in total. The first-order chi connectivity index (χ1) is 33.4. The van der Waals surface area contributed by atoms with Crippen molar-refractivity contribution in [2.24, 2.45) is 17.6 Å². The predicted octanol–water partition coefficient (Wildman–Crippen LogP) is 7.32. The molecule has 1 aliphatic heterocycles. The number of ether oxygens (including phenoxy) is 1. The average molecular weight is 928 g/mol. The number of nitrogens with zero attached hydrogens (tertiary/aromatic N) is 3. The van der Waals surface area contributed by atoms with Crippen LogP contribution in [0.5, 0.6) is 0 Å². The number of benzene rings is 5. The van der Waals surface area contributed by atoms with Crippen molar-refractivity contribution in [2.45, 2.75) is 89.0 Å². The summed E-state index contributed by atoms with van der Waals surface area (Å²) in [6, 6.07) is 42.4. The number of fused-ring (bicyclic) bond motifs is 3. The maximum Gasteiger partial charge on any atom is 0.407 e. The number of hydrogen-bond donors (Lipinski definition) is 4. The van der Waals surface area contributed by atoms with E-state index in [1.807, 2.05) is 129 Å². The number of alkyl carbamates (subject to hydrolysis) is 1. The molecule has 5 atom stereocenters. The minimum absolute atomic E-state index is 0.0206. The van der Waals surface area contributed by atoms with Gasteiger partial charge in [-0.05, 0) is 63.6 Å². The highest BCUT2D eigenvalue weighted by atomic mass is 16.5. The second-order valence-corrected chi connectivity index (χ2v) is 18.5. The summed E-state index contributed by atoms with van der Waals surface area (Å²) in [7, 11) is 0. The lowest BCUT2D eigenvalue weighted by atomic mass is 9.77. The highest BCUT2D eigenvalue weighted by Crippen LogP contribution is 2.45. The lowest BCUT2D eigenvalue weighted by molar-refractivity contribution is -0.142. The van der Waals surface area contributed by atoms with E-state index in [-0.39, 0.29) is 30.8 Å². The highest BCUT2D eigenvalue weighted by molar-refractivity contribution is 5.95. The molecule has 356 valence electrons. The summed E-state index contributed by atoms with van der Waals surface area (Å²) in [6.45, 7) is 7.73. The molecule has 0 spiro atoms. The number of rotatable bonds is 18. The van der Waals surface area contributed by atoms with Gasteiger partial charge in [0.25, 0.3) is 0 Å². The molecule has 8 rings (SSSR count). The molecular weight excluding hydrogens is 867 g/mol. The topological polar surface area (TPSA) is 178 Å². The Kier molecular flexibility index (Phi) is 14.7. The van der Waals surface area contributed by atoms with Crippen molar-refractivity contribution in [1.29, 1.82) is 0 Å². The van der Waals surface area contributed by atoms with Crippen molar-refractivity contribution < 1.29 is 28.7 Å². The quantitative estimate of drug-likeness (QED) is 0.0653. The molecule has 0 radical (unpaired) electrons. The number of imidazole rings is 1. The molecule has 2 aliphatic rings. The van der Waals surface area contributed by atoms with Crippen LogP contribution in [0, 0.1) is 11.8 Å². The molecule has 0 unspecified atom stereocenters. The lowest BCUT2D eigenvalue weighted by Gasteiger charge is -2.37. The number of hydrogen-bond acceptors (Lipinski definition) is 7.